The summed E-state index contributed by atoms with van der Waals surface area (Å²) in [4.78, 5) is 25.6. The van der Waals surface area contributed by atoms with Crippen LogP contribution >= 0.6 is 0 Å². The van der Waals surface area contributed by atoms with Crippen LogP contribution in [-0.4, -0.2) is 34.0 Å². The Bertz CT molecular complexity index is 1180. The van der Waals surface area contributed by atoms with E-state index in [1.54, 1.807) is 13.3 Å². The molecule has 7 nitrogen and oxygen atoms in total. The first kappa shape index (κ1) is 20.3. The van der Waals surface area contributed by atoms with Crippen LogP contribution in [0.15, 0.2) is 73.2 Å². The van der Waals surface area contributed by atoms with Gasteiger partial charge in [0.1, 0.15) is 18.2 Å². The van der Waals surface area contributed by atoms with Crippen molar-refractivity contribution in [2.75, 3.05) is 12.4 Å². The van der Waals surface area contributed by atoms with E-state index < -0.39 is 6.04 Å². The Balaban J connectivity index is 1.53. The average molecular weight is 413 g/mol. The fraction of sp³-hybridized carbons (Fsp3) is 0.167. The minimum atomic E-state index is -0.465. The summed E-state index contributed by atoms with van der Waals surface area (Å²) in [6.45, 7) is 2.29. The summed E-state index contributed by atoms with van der Waals surface area (Å²) in [5.74, 6) is 1.06. The molecule has 2 aromatic carbocycles. The molecule has 0 saturated carbocycles. The van der Waals surface area contributed by atoms with E-state index in [-0.39, 0.29) is 5.91 Å². The second-order valence-electron chi connectivity index (χ2n) is 7.11. The number of benzene rings is 2. The largest absolute Gasteiger partial charge is 0.481 e. The summed E-state index contributed by atoms with van der Waals surface area (Å²) in [6.07, 6.45) is 3.25. The van der Waals surface area contributed by atoms with Crippen LogP contribution in [0.25, 0.3) is 22.0 Å². The lowest BCUT2D eigenvalue weighted by molar-refractivity contribution is -0.121. The molecule has 2 heterocycles. The van der Waals surface area contributed by atoms with Crippen molar-refractivity contribution in [3.63, 3.8) is 0 Å². The zero-order valence-electron chi connectivity index (χ0n) is 17.4. The third-order valence-electron chi connectivity index (χ3n) is 4.97. The van der Waals surface area contributed by atoms with E-state index in [4.69, 9.17) is 4.74 Å². The van der Waals surface area contributed by atoms with Gasteiger partial charge in [-0.15, -0.1) is 0 Å². The average Bonchev–Trinajstić information content (AvgIpc) is 2.83. The molecule has 2 aromatic heterocycles. The highest BCUT2D eigenvalue weighted by atomic mass is 16.5. The Morgan fingerprint density at radius 2 is 1.81 bits per heavy atom. The van der Waals surface area contributed by atoms with Gasteiger partial charge in [-0.05, 0) is 36.2 Å². The van der Waals surface area contributed by atoms with Gasteiger partial charge in [0.05, 0.1) is 12.6 Å². The number of aromatic nitrogens is 3. The molecule has 0 spiro atoms. The lowest BCUT2D eigenvalue weighted by Gasteiger charge is -2.16. The van der Waals surface area contributed by atoms with Crippen LogP contribution in [0.2, 0.25) is 0 Å². The van der Waals surface area contributed by atoms with Gasteiger partial charge in [-0.1, -0.05) is 36.4 Å². The minimum Gasteiger partial charge on any atom is -0.481 e. The molecular weight excluding hydrogens is 390 g/mol. The van der Waals surface area contributed by atoms with Gasteiger partial charge >= 0.3 is 0 Å². The first-order valence-electron chi connectivity index (χ1n) is 9.97. The van der Waals surface area contributed by atoms with Crippen LogP contribution in [-0.2, 0) is 11.3 Å². The van der Waals surface area contributed by atoms with E-state index in [2.05, 4.69) is 25.6 Å². The second kappa shape index (κ2) is 9.21. The molecule has 0 aliphatic carbocycles. The maximum absolute atomic E-state index is 12.6. The molecule has 1 unspecified atom stereocenters. The second-order valence-corrected chi connectivity index (χ2v) is 7.11. The number of anilines is 1. The molecule has 0 radical (unpaired) electrons. The highest BCUT2D eigenvalue weighted by Crippen LogP contribution is 2.27. The maximum Gasteiger partial charge on any atom is 0.242 e. The number of ether oxygens (including phenoxy) is 1. The quantitative estimate of drug-likeness (QED) is 0.479. The molecule has 4 aromatic rings. The SMILES string of the molecule is COc1ccc(-c2ccc3ncnc(NC(C)C(=O)NCc4ccccc4)c3c2)cn1. The van der Waals surface area contributed by atoms with Gasteiger partial charge in [-0.3, -0.25) is 4.79 Å². The Kier molecular flexibility index (Phi) is 6.03. The van der Waals surface area contributed by atoms with Crippen molar-refractivity contribution in [2.45, 2.75) is 19.5 Å². The van der Waals surface area contributed by atoms with Crippen molar-refractivity contribution < 1.29 is 9.53 Å². The van der Waals surface area contributed by atoms with Crippen LogP contribution < -0.4 is 15.4 Å². The summed E-state index contributed by atoms with van der Waals surface area (Å²) in [7, 11) is 1.59. The van der Waals surface area contributed by atoms with Crippen LogP contribution in [0.4, 0.5) is 5.82 Å². The zero-order chi connectivity index (χ0) is 21.6. The van der Waals surface area contributed by atoms with E-state index in [0.29, 0.717) is 18.2 Å². The number of carbonyl (C=O) groups excluding carboxylic acids is 1. The highest BCUT2D eigenvalue weighted by Gasteiger charge is 2.15. The topological polar surface area (TPSA) is 89.0 Å². The van der Waals surface area contributed by atoms with Gasteiger partial charge in [0.2, 0.25) is 11.8 Å². The van der Waals surface area contributed by atoms with Crippen molar-refractivity contribution >= 4 is 22.6 Å². The van der Waals surface area contributed by atoms with Gasteiger partial charge in [0.25, 0.3) is 0 Å². The van der Waals surface area contributed by atoms with Crippen LogP contribution in [0.5, 0.6) is 5.88 Å². The van der Waals surface area contributed by atoms with Crippen molar-refractivity contribution in [3.8, 4) is 17.0 Å². The summed E-state index contributed by atoms with van der Waals surface area (Å²) >= 11 is 0. The number of hydrogen-bond donors (Lipinski definition) is 2. The van der Waals surface area contributed by atoms with E-state index in [9.17, 15) is 4.79 Å². The van der Waals surface area contributed by atoms with Crippen molar-refractivity contribution in [3.05, 3.63) is 78.8 Å². The monoisotopic (exact) mass is 413 g/mol. The Morgan fingerprint density at radius 3 is 2.55 bits per heavy atom. The smallest absolute Gasteiger partial charge is 0.242 e. The predicted molar refractivity (Wildman–Crippen MR) is 121 cm³/mol. The first-order chi connectivity index (χ1) is 15.1. The van der Waals surface area contributed by atoms with Crippen LogP contribution in [0.3, 0.4) is 0 Å². The fourth-order valence-electron chi connectivity index (χ4n) is 3.23. The van der Waals surface area contributed by atoms with Gasteiger partial charge < -0.3 is 15.4 Å². The van der Waals surface area contributed by atoms with E-state index in [0.717, 1.165) is 27.6 Å². The summed E-state index contributed by atoms with van der Waals surface area (Å²) in [6, 6.07) is 19.0. The third-order valence-corrected chi connectivity index (χ3v) is 4.97. The van der Waals surface area contributed by atoms with E-state index >= 15 is 0 Å². The number of nitrogens with one attached hydrogen (secondary N) is 2. The molecular formula is C24H23N5O2. The Morgan fingerprint density at radius 1 is 1.00 bits per heavy atom. The molecule has 1 atom stereocenters. The van der Waals surface area contributed by atoms with Crippen molar-refractivity contribution in [1.29, 1.82) is 0 Å². The number of pyridine rings is 1. The molecule has 0 fully saturated rings. The molecule has 31 heavy (non-hydrogen) atoms. The standard InChI is InChI=1S/C24H23N5O2/c1-16(24(30)26-13-17-6-4-3-5-7-17)29-23-20-12-18(8-10-21(20)27-15-28-23)19-9-11-22(31-2)25-14-19/h3-12,14-16H,13H2,1-2H3,(H,26,30)(H,27,28,29). The lowest BCUT2D eigenvalue weighted by atomic mass is 10.1. The summed E-state index contributed by atoms with van der Waals surface area (Å²) < 4.78 is 5.13. The van der Waals surface area contributed by atoms with E-state index in [1.807, 2.05) is 67.6 Å². The number of hydrogen-bond acceptors (Lipinski definition) is 6. The van der Waals surface area contributed by atoms with Crippen molar-refractivity contribution in [2.24, 2.45) is 0 Å². The van der Waals surface area contributed by atoms with Crippen LogP contribution in [0, 0.1) is 0 Å². The van der Waals surface area contributed by atoms with Crippen LogP contribution in [0.1, 0.15) is 12.5 Å². The normalized spacial score (nSPS) is 11.7. The molecule has 7 heteroatoms. The molecule has 1 amide bonds. The fourth-order valence-corrected chi connectivity index (χ4v) is 3.23. The van der Waals surface area contributed by atoms with Gasteiger partial charge in [-0.25, -0.2) is 15.0 Å². The third kappa shape index (κ3) is 4.78. The highest BCUT2D eigenvalue weighted by molar-refractivity contribution is 5.94. The van der Waals surface area contributed by atoms with Gasteiger partial charge in [-0.2, -0.15) is 0 Å². The molecule has 0 aliphatic rings. The molecule has 2 N–H and O–H groups in total. The Hall–Kier alpha value is -4.00. The number of methoxy groups -OCH3 is 1. The van der Waals surface area contributed by atoms with Gasteiger partial charge in [0.15, 0.2) is 0 Å². The Labute approximate surface area is 180 Å². The lowest BCUT2D eigenvalue weighted by Crippen LogP contribution is -2.37. The number of nitrogens with zero attached hydrogens (tertiary/aromatic N) is 3. The number of fused-ring (bicyclic) bond motifs is 1. The zero-order valence-corrected chi connectivity index (χ0v) is 17.4. The van der Waals surface area contributed by atoms with Crippen molar-refractivity contribution in [1.82, 2.24) is 20.3 Å². The molecule has 0 saturated heterocycles. The number of rotatable bonds is 7. The molecule has 4 rings (SSSR count). The minimum absolute atomic E-state index is 0.105. The first-order valence-corrected chi connectivity index (χ1v) is 9.97. The molecule has 0 bridgehead atoms. The summed E-state index contributed by atoms with van der Waals surface area (Å²) in [5.41, 5.74) is 3.76. The molecule has 156 valence electrons. The summed E-state index contributed by atoms with van der Waals surface area (Å²) in [5, 5.41) is 7.00. The maximum atomic E-state index is 12.6. The van der Waals surface area contributed by atoms with Gasteiger partial charge in [0, 0.05) is 29.8 Å². The van der Waals surface area contributed by atoms with E-state index in [1.165, 1.54) is 6.33 Å². The molecule has 0 aliphatic heterocycles. The predicted octanol–water partition coefficient (Wildman–Crippen LogP) is 3.82. The number of carbonyl (C=O) groups is 1. The number of amides is 1.